The van der Waals surface area contributed by atoms with Crippen molar-refractivity contribution in [1.29, 1.82) is 0 Å². The largest absolute Gasteiger partial charge is 0.434 e. The summed E-state index contributed by atoms with van der Waals surface area (Å²) in [6, 6.07) is 4.49. The first kappa shape index (κ1) is 23.2. The van der Waals surface area contributed by atoms with Crippen LogP contribution >= 0.6 is 11.6 Å². The maximum absolute atomic E-state index is 12.6. The monoisotopic (exact) mass is 431 g/mol. The highest BCUT2D eigenvalue weighted by atomic mass is 35.5. The van der Waals surface area contributed by atoms with Crippen LogP contribution < -0.4 is 15.4 Å². The second-order valence-corrected chi connectivity index (χ2v) is 7.04. The van der Waals surface area contributed by atoms with Gasteiger partial charge in [0, 0.05) is 63.3 Å². The summed E-state index contributed by atoms with van der Waals surface area (Å²) in [5.74, 6) is 0.755. The Labute approximate surface area is 175 Å². The highest BCUT2D eigenvalue weighted by Gasteiger charge is 2.18. The lowest BCUT2D eigenvalue weighted by Gasteiger charge is -2.34. The average molecular weight is 432 g/mol. The Morgan fingerprint density at radius 2 is 2.00 bits per heavy atom. The molecule has 0 aliphatic carbocycles. The van der Waals surface area contributed by atoms with E-state index in [0.717, 1.165) is 32.7 Å². The predicted octanol–water partition coefficient (Wildman–Crippen LogP) is 2.16. The normalized spacial score (nSPS) is 15.5. The second-order valence-electron chi connectivity index (χ2n) is 6.60. The highest BCUT2D eigenvalue weighted by Crippen LogP contribution is 2.25. The van der Waals surface area contributed by atoms with Crippen molar-refractivity contribution in [3.63, 3.8) is 0 Å². The average Bonchev–Trinajstić information content (AvgIpc) is 2.68. The van der Waals surface area contributed by atoms with Crippen LogP contribution in [0.5, 0.6) is 5.75 Å². The first-order valence-corrected chi connectivity index (χ1v) is 10.00. The number of rotatable bonds is 8. The number of piperazine rings is 1. The lowest BCUT2D eigenvalue weighted by molar-refractivity contribution is -0.130. The van der Waals surface area contributed by atoms with Crippen molar-refractivity contribution >= 4 is 23.5 Å². The molecule has 1 amide bonds. The molecule has 1 heterocycles. The lowest BCUT2D eigenvalue weighted by atomic mass is 10.2. The summed E-state index contributed by atoms with van der Waals surface area (Å²) in [5, 5.41) is 6.80. The minimum atomic E-state index is -2.91. The fraction of sp³-hybridized carbons (Fsp3) is 0.579. The summed E-state index contributed by atoms with van der Waals surface area (Å²) >= 11 is 5.98. The SMILES string of the molecule is CCNC(=NCc1cc(Cl)ccc1OC(F)F)NCCN1CCN(C(C)=O)CC1. The number of carbonyl (C=O) groups is 1. The standard InChI is InChI=1S/C19H28ClF2N5O2/c1-3-23-19(24-6-7-26-8-10-27(11-9-26)14(2)28)25-13-15-12-16(20)4-5-17(15)29-18(21)22/h4-5,12,18H,3,6-11,13H2,1-2H3,(H2,23,24,25). The molecule has 1 aliphatic heterocycles. The fourth-order valence-corrected chi connectivity index (χ4v) is 3.20. The summed E-state index contributed by atoms with van der Waals surface area (Å²) in [7, 11) is 0. The first-order valence-electron chi connectivity index (χ1n) is 9.62. The molecule has 0 spiro atoms. The smallest absolute Gasteiger partial charge is 0.387 e. The zero-order chi connectivity index (χ0) is 21.2. The molecule has 2 N–H and O–H groups in total. The predicted molar refractivity (Wildman–Crippen MR) is 110 cm³/mol. The van der Waals surface area contributed by atoms with Crippen LogP contribution in [0.3, 0.4) is 0 Å². The van der Waals surface area contributed by atoms with Gasteiger partial charge in [-0.1, -0.05) is 11.6 Å². The summed E-state index contributed by atoms with van der Waals surface area (Å²) in [6.07, 6.45) is 0. The van der Waals surface area contributed by atoms with Gasteiger partial charge in [0.15, 0.2) is 5.96 Å². The minimum absolute atomic E-state index is 0.0624. The second kappa shape index (κ2) is 11.8. The van der Waals surface area contributed by atoms with Gasteiger partial charge in [0.25, 0.3) is 0 Å². The number of nitrogens with one attached hydrogen (secondary N) is 2. The summed E-state index contributed by atoms with van der Waals surface area (Å²) in [4.78, 5) is 20.0. The van der Waals surface area contributed by atoms with E-state index in [2.05, 4.69) is 25.3 Å². The van der Waals surface area contributed by atoms with E-state index in [1.807, 2.05) is 11.8 Å². The number of nitrogens with zero attached hydrogens (tertiary/aromatic N) is 3. The summed E-state index contributed by atoms with van der Waals surface area (Å²) < 4.78 is 29.7. The van der Waals surface area contributed by atoms with Crippen molar-refractivity contribution in [3.05, 3.63) is 28.8 Å². The molecule has 2 rings (SSSR count). The molecule has 1 aromatic carbocycles. The van der Waals surface area contributed by atoms with Gasteiger partial charge >= 0.3 is 6.61 Å². The number of halogens is 3. The van der Waals surface area contributed by atoms with Crippen LogP contribution in [-0.4, -0.2) is 74.1 Å². The third kappa shape index (κ3) is 8.02. The van der Waals surface area contributed by atoms with E-state index in [0.29, 0.717) is 29.6 Å². The minimum Gasteiger partial charge on any atom is -0.434 e. The molecule has 0 atom stereocenters. The lowest BCUT2D eigenvalue weighted by Crippen LogP contribution is -2.50. The number of aliphatic imine (C=N–C) groups is 1. The third-order valence-corrected chi connectivity index (χ3v) is 4.76. The van der Waals surface area contributed by atoms with Crippen LogP contribution in [-0.2, 0) is 11.3 Å². The summed E-state index contributed by atoms with van der Waals surface area (Å²) in [5.41, 5.74) is 0.482. The Balaban J connectivity index is 1.88. The zero-order valence-corrected chi connectivity index (χ0v) is 17.5. The molecule has 0 unspecified atom stereocenters. The number of hydrogen-bond acceptors (Lipinski definition) is 4. The van der Waals surface area contributed by atoms with Crippen LogP contribution in [0.15, 0.2) is 23.2 Å². The Morgan fingerprint density at radius 3 is 2.62 bits per heavy atom. The van der Waals surface area contributed by atoms with Crippen LogP contribution in [0.25, 0.3) is 0 Å². The van der Waals surface area contributed by atoms with Gasteiger partial charge < -0.3 is 20.3 Å². The first-order chi connectivity index (χ1) is 13.9. The van der Waals surface area contributed by atoms with Gasteiger partial charge in [-0.05, 0) is 25.1 Å². The van der Waals surface area contributed by atoms with Gasteiger partial charge in [-0.3, -0.25) is 9.69 Å². The Kier molecular flexibility index (Phi) is 9.40. The molecule has 29 heavy (non-hydrogen) atoms. The van der Waals surface area contributed by atoms with E-state index >= 15 is 0 Å². The van der Waals surface area contributed by atoms with Gasteiger partial charge in [-0.15, -0.1) is 0 Å². The van der Waals surface area contributed by atoms with Crippen LogP contribution in [0.1, 0.15) is 19.4 Å². The van der Waals surface area contributed by atoms with Gasteiger partial charge in [0.1, 0.15) is 5.75 Å². The highest BCUT2D eigenvalue weighted by molar-refractivity contribution is 6.30. The molecule has 1 aromatic rings. The van der Waals surface area contributed by atoms with E-state index in [4.69, 9.17) is 11.6 Å². The molecule has 0 radical (unpaired) electrons. The van der Waals surface area contributed by atoms with Crippen molar-refractivity contribution in [2.75, 3.05) is 45.8 Å². The molecular weight excluding hydrogens is 404 g/mol. The molecule has 0 bridgehead atoms. The Hall–Kier alpha value is -2.13. The Morgan fingerprint density at radius 1 is 1.28 bits per heavy atom. The quantitative estimate of drug-likeness (QED) is 0.487. The maximum atomic E-state index is 12.6. The summed E-state index contributed by atoms with van der Waals surface area (Å²) in [6.45, 7) is 6.09. The fourth-order valence-electron chi connectivity index (χ4n) is 3.01. The van der Waals surface area contributed by atoms with Crippen molar-refractivity contribution in [3.8, 4) is 5.75 Å². The van der Waals surface area contributed by atoms with Crippen molar-refractivity contribution < 1.29 is 18.3 Å². The number of carbonyl (C=O) groups excluding carboxylic acids is 1. The molecule has 1 fully saturated rings. The van der Waals surface area contributed by atoms with Crippen molar-refractivity contribution in [2.45, 2.75) is 27.0 Å². The topological polar surface area (TPSA) is 69.2 Å². The number of benzene rings is 1. The Bertz CT molecular complexity index is 697. The van der Waals surface area contributed by atoms with E-state index in [-0.39, 0.29) is 18.2 Å². The van der Waals surface area contributed by atoms with Gasteiger partial charge in [-0.2, -0.15) is 8.78 Å². The number of ether oxygens (including phenoxy) is 1. The van der Waals surface area contributed by atoms with Crippen LogP contribution in [0.4, 0.5) is 8.78 Å². The molecule has 0 aromatic heterocycles. The molecule has 1 aliphatic rings. The third-order valence-electron chi connectivity index (χ3n) is 4.53. The van der Waals surface area contributed by atoms with Gasteiger partial charge in [0.05, 0.1) is 6.54 Å². The molecule has 0 saturated carbocycles. The van der Waals surface area contributed by atoms with Gasteiger partial charge in [0.2, 0.25) is 5.91 Å². The number of alkyl halides is 2. The molecular formula is C19H28ClF2N5O2. The molecule has 10 heteroatoms. The molecule has 162 valence electrons. The van der Waals surface area contributed by atoms with E-state index in [9.17, 15) is 13.6 Å². The van der Waals surface area contributed by atoms with E-state index in [1.54, 1.807) is 13.0 Å². The number of amides is 1. The maximum Gasteiger partial charge on any atom is 0.387 e. The van der Waals surface area contributed by atoms with Crippen LogP contribution in [0.2, 0.25) is 5.02 Å². The zero-order valence-electron chi connectivity index (χ0n) is 16.8. The molecule has 1 saturated heterocycles. The van der Waals surface area contributed by atoms with Crippen LogP contribution in [0, 0.1) is 0 Å². The van der Waals surface area contributed by atoms with E-state index < -0.39 is 6.61 Å². The molecule has 7 nitrogen and oxygen atoms in total. The number of hydrogen-bond donors (Lipinski definition) is 2. The van der Waals surface area contributed by atoms with Crippen molar-refractivity contribution in [2.24, 2.45) is 4.99 Å². The van der Waals surface area contributed by atoms with Gasteiger partial charge in [-0.25, -0.2) is 4.99 Å². The van der Waals surface area contributed by atoms with Crippen molar-refractivity contribution in [1.82, 2.24) is 20.4 Å². The number of guanidine groups is 1. The van der Waals surface area contributed by atoms with E-state index in [1.165, 1.54) is 12.1 Å².